The van der Waals surface area contributed by atoms with Crippen LogP contribution in [0.5, 0.6) is 11.5 Å². The van der Waals surface area contributed by atoms with Crippen LogP contribution < -0.4 is 14.9 Å². The molecule has 1 N–H and O–H groups in total. The Bertz CT molecular complexity index is 1040. The highest BCUT2D eigenvalue weighted by molar-refractivity contribution is 6.32. The van der Waals surface area contributed by atoms with Gasteiger partial charge in [-0.1, -0.05) is 23.7 Å². The minimum atomic E-state index is -6.49. The molecule has 0 fully saturated rings. The second-order valence-corrected chi connectivity index (χ2v) is 6.78. The van der Waals surface area contributed by atoms with Gasteiger partial charge < -0.3 is 9.47 Å². The predicted octanol–water partition coefficient (Wildman–Crippen LogP) is 5.90. The van der Waals surface area contributed by atoms with Crippen LogP contribution in [0, 0.1) is 11.3 Å². The van der Waals surface area contributed by atoms with Crippen LogP contribution in [0.2, 0.25) is 5.02 Å². The molecule has 5 nitrogen and oxygen atoms in total. The lowest BCUT2D eigenvalue weighted by atomic mass is 10.1. The van der Waals surface area contributed by atoms with Crippen LogP contribution in [-0.4, -0.2) is 31.0 Å². The average molecular weight is 498 g/mol. The maximum atomic E-state index is 13.3. The zero-order valence-electron chi connectivity index (χ0n) is 16.7. The zero-order chi connectivity index (χ0) is 24.9. The van der Waals surface area contributed by atoms with Crippen LogP contribution in [0.15, 0.2) is 41.5 Å². The summed E-state index contributed by atoms with van der Waals surface area (Å²) in [6, 6.07) is 5.10. The smallest absolute Gasteiger partial charge is 0.462 e. The second-order valence-electron chi connectivity index (χ2n) is 6.38. The van der Waals surface area contributed by atoms with E-state index in [0.29, 0.717) is 22.8 Å². The predicted molar refractivity (Wildman–Crippen MR) is 105 cm³/mol. The molecule has 2 aromatic carbocycles. The average Bonchev–Trinajstić information content (AvgIpc) is 2.72. The highest BCUT2D eigenvalue weighted by Gasteiger charge is 2.73. The molecule has 13 heteroatoms. The first-order chi connectivity index (χ1) is 15.3. The van der Waals surface area contributed by atoms with E-state index >= 15 is 0 Å². The molecule has 33 heavy (non-hydrogen) atoms. The van der Waals surface area contributed by atoms with Crippen LogP contribution in [0.1, 0.15) is 23.6 Å². The minimum absolute atomic E-state index is 0.0270. The quantitative estimate of drug-likeness (QED) is 0.203. The first-order valence-electron chi connectivity index (χ1n) is 9.03. The van der Waals surface area contributed by atoms with Crippen LogP contribution in [0.25, 0.3) is 0 Å². The van der Waals surface area contributed by atoms with Crippen molar-refractivity contribution in [2.45, 2.75) is 31.7 Å². The largest absolute Gasteiger partial charge is 0.490 e. The number of rotatable bonds is 9. The van der Waals surface area contributed by atoms with Gasteiger partial charge in [-0.25, -0.2) is 5.43 Å². The highest BCUT2D eigenvalue weighted by Crippen LogP contribution is 2.45. The monoisotopic (exact) mass is 497 g/mol. The van der Waals surface area contributed by atoms with Crippen molar-refractivity contribution < 1.29 is 40.2 Å². The molecule has 0 spiro atoms. The van der Waals surface area contributed by atoms with Gasteiger partial charge in [-0.2, -0.15) is 41.1 Å². The van der Waals surface area contributed by atoms with E-state index in [9.17, 15) is 30.7 Å². The van der Waals surface area contributed by atoms with E-state index in [1.54, 1.807) is 31.2 Å². The lowest BCUT2D eigenvalue weighted by Gasteiger charge is -2.27. The molecule has 0 radical (unpaired) electrons. The number of nitrogens with one attached hydrogen (secondary N) is 1. The van der Waals surface area contributed by atoms with Crippen molar-refractivity contribution in [3.05, 3.63) is 58.1 Å². The fourth-order valence-electron chi connectivity index (χ4n) is 2.33. The van der Waals surface area contributed by atoms with E-state index in [4.69, 9.17) is 26.3 Å². The second kappa shape index (κ2) is 10.2. The molecule has 0 unspecified atom stereocenters. The standard InChI is InChI=1S/C20H15ClF7N3O2/c1-2-32-16-8-14(10-30-31-20(27,28)18(22,23)19(24,25)26)7-15(21)17(16)33-11-13-5-3-12(9-29)4-6-13/h3-8,10,31H,2,11H2,1H3/b30-10-. The molecule has 0 aromatic heterocycles. The molecule has 0 atom stereocenters. The number of halogens is 8. The van der Waals surface area contributed by atoms with Gasteiger partial charge in [0.25, 0.3) is 0 Å². The number of hydrogen-bond donors (Lipinski definition) is 1. The molecular weight excluding hydrogens is 483 g/mol. The van der Waals surface area contributed by atoms with Crippen LogP contribution >= 0.6 is 11.6 Å². The van der Waals surface area contributed by atoms with Crippen molar-refractivity contribution in [1.29, 1.82) is 5.26 Å². The maximum absolute atomic E-state index is 13.3. The summed E-state index contributed by atoms with van der Waals surface area (Å²) >= 11 is 6.14. The number of ether oxygens (including phenoxy) is 2. The molecule has 0 heterocycles. The normalized spacial score (nSPS) is 12.5. The van der Waals surface area contributed by atoms with Crippen molar-refractivity contribution in [3.8, 4) is 17.6 Å². The van der Waals surface area contributed by atoms with Crippen molar-refractivity contribution in [3.63, 3.8) is 0 Å². The molecule has 178 valence electrons. The van der Waals surface area contributed by atoms with E-state index in [2.05, 4.69) is 5.10 Å². The van der Waals surface area contributed by atoms with E-state index in [-0.39, 0.29) is 35.3 Å². The number of alkyl halides is 7. The topological polar surface area (TPSA) is 66.6 Å². The molecule has 0 aliphatic rings. The number of hydrogen-bond acceptors (Lipinski definition) is 5. The molecule has 0 aliphatic heterocycles. The van der Waals surface area contributed by atoms with Gasteiger partial charge in [0.15, 0.2) is 11.5 Å². The summed E-state index contributed by atoms with van der Waals surface area (Å²) in [6.45, 7) is 1.79. The lowest BCUT2D eigenvalue weighted by Crippen LogP contribution is -2.58. The Labute approximate surface area is 188 Å². The summed E-state index contributed by atoms with van der Waals surface area (Å²) in [4.78, 5) is 0. The Morgan fingerprint density at radius 3 is 2.24 bits per heavy atom. The third-order valence-corrected chi connectivity index (χ3v) is 4.25. The van der Waals surface area contributed by atoms with Crippen molar-refractivity contribution in [1.82, 2.24) is 5.43 Å². The molecule has 0 bridgehead atoms. The molecule has 0 aliphatic carbocycles. The maximum Gasteiger partial charge on any atom is 0.462 e. The Morgan fingerprint density at radius 1 is 1.06 bits per heavy atom. The van der Waals surface area contributed by atoms with Gasteiger partial charge >= 0.3 is 18.1 Å². The molecule has 2 aromatic rings. The molecular formula is C20H15ClF7N3O2. The number of nitriles is 1. The van der Waals surface area contributed by atoms with Crippen LogP contribution in [0.4, 0.5) is 30.7 Å². The van der Waals surface area contributed by atoms with Crippen molar-refractivity contribution >= 4 is 17.8 Å². The Morgan fingerprint density at radius 2 is 1.70 bits per heavy atom. The Kier molecular flexibility index (Phi) is 8.02. The molecule has 0 saturated carbocycles. The number of hydrazone groups is 1. The van der Waals surface area contributed by atoms with Gasteiger partial charge in [-0.15, -0.1) is 0 Å². The third-order valence-electron chi connectivity index (χ3n) is 3.97. The SMILES string of the molecule is CCOc1cc(/C=N\NC(F)(F)C(F)(F)C(F)(F)F)cc(Cl)c1OCc1ccc(C#N)cc1. The summed E-state index contributed by atoms with van der Waals surface area (Å²) < 4.78 is 99.8. The van der Waals surface area contributed by atoms with E-state index in [0.717, 1.165) is 6.07 Å². The summed E-state index contributed by atoms with van der Waals surface area (Å²) in [5.41, 5.74) is 1.61. The molecule has 0 saturated heterocycles. The van der Waals surface area contributed by atoms with Gasteiger partial charge in [-0.3, -0.25) is 0 Å². The fourth-order valence-corrected chi connectivity index (χ4v) is 2.61. The fraction of sp³-hybridized carbons (Fsp3) is 0.300. The van der Waals surface area contributed by atoms with E-state index < -0.39 is 18.1 Å². The Hall–Kier alpha value is -3.20. The van der Waals surface area contributed by atoms with E-state index in [1.165, 1.54) is 6.07 Å². The summed E-state index contributed by atoms with van der Waals surface area (Å²) in [6.07, 6.45) is -5.92. The first-order valence-corrected chi connectivity index (χ1v) is 9.41. The van der Waals surface area contributed by atoms with Gasteiger partial charge in [0, 0.05) is 0 Å². The van der Waals surface area contributed by atoms with E-state index in [1.807, 2.05) is 6.07 Å². The molecule has 0 amide bonds. The minimum Gasteiger partial charge on any atom is -0.490 e. The summed E-state index contributed by atoms with van der Waals surface area (Å²) in [5.74, 6) is -6.23. The van der Waals surface area contributed by atoms with Gasteiger partial charge in [0.05, 0.1) is 29.5 Å². The number of nitrogens with zero attached hydrogens (tertiary/aromatic N) is 2. The van der Waals surface area contributed by atoms with Crippen LogP contribution in [0.3, 0.4) is 0 Å². The van der Waals surface area contributed by atoms with Crippen LogP contribution in [-0.2, 0) is 6.61 Å². The first kappa shape index (κ1) is 26.1. The Balaban J connectivity index is 2.20. The summed E-state index contributed by atoms with van der Waals surface area (Å²) in [5, 5.41) is 11.5. The van der Waals surface area contributed by atoms with Gasteiger partial charge in [0.1, 0.15) is 6.61 Å². The van der Waals surface area contributed by atoms with Crippen molar-refractivity contribution in [2.24, 2.45) is 5.10 Å². The zero-order valence-corrected chi connectivity index (χ0v) is 17.4. The van der Waals surface area contributed by atoms with Gasteiger partial charge in [-0.05, 0) is 42.3 Å². The van der Waals surface area contributed by atoms with Crippen molar-refractivity contribution in [2.75, 3.05) is 6.61 Å². The number of benzene rings is 2. The highest BCUT2D eigenvalue weighted by atomic mass is 35.5. The molecule has 2 rings (SSSR count). The summed E-state index contributed by atoms with van der Waals surface area (Å²) in [7, 11) is 0. The third kappa shape index (κ3) is 6.19. The lowest BCUT2D eigenvalue weighted by molar-refractivity contribution is -0.361. The van der Waals surface area contributed by atoms with Gasteiger partial charge in [0.2, 0.25) is 0 Å².